The van der Waals surface area contributed by atoms with Crippen LogP contribution in [0.3, 0.4) is 0 Å². The van der Waals surface area contributed by atoms with E-state index in [1.54, 1.807) is 60.7 Å². The average Bonchev–Trinajstić information content (AvgIpc) is 2.69. The molecular formula is C21H18FNO3S. The molecule has 0 radical (unpaired) electrons. The van der Waals surface area contributed by atoms with Gasteiger partial charge in [-0.15, -0.1) is 0 Å². The number of rotatable bonds is 6. The molecule has 0 aliphatic rings. The maximum Gasteiger partial charge on any atom is 0.251 e. The van der Waals surface area contributed by atoms with Crippen LogP contribution in [-0.4, -0.2) is 20.9 Å². The molecule has 3 aromatic rings. The van der Waals surface area contributed by atoms with Crippen molar-refractivity contribution >= 4 is 15.7 Å². The van der Waals surface area contributed by atoms with Crippen LogP contribution in [0.4, 0.5) is 4.39 Å². The molecule has 6 heteroatoms. The van der Waals surface area contributed by atoms with Crippen LogP contribution in [0, 0.1) is 5.82 Å². The van der Waals surface area contributed by atoms with E-state index in [2.05, 4.69) is 5.32 Å². The van der Waals surface area contributed by atoms with Crippen LogP contribution in [0.5, 0.6) is 0 Å². The molecule has 3 aromatic carbocycles. The molecule has 0 bridgehead atoms. The lowest BCUT2D eigenvalue weighted by Gasteiger charge is -2.19. The fraction of sp³-hybridized carbons (Fsp3) is 0.0952. The van der Waals surface area contributed by atoms with E-state index in [1.807, 2.05) is 0 Å². The minimum atomic E-state index is -3.83. The van der Waals surface area contributed by atoms with Gasteiger partial charge in [-0.05, 0) is 42.0 Å². The minimum Gasteiger partial charge on any atom is -0.350 e. The van der Waals surface area contributed by atoms with Crippen molar-refractivity contribution in [3.8, 4) is 0 Å². The van der Waals surface area contributed by atoms with Crippen molar-refractivity contribution in [3.63, 3.8) is 0 Å². The van der Waals surface area contributed by atoms with Gasteiger partial charge in [-0.25, -0.2) is 12.8 Å². The van der Waals surface area contributed by atoms with Crippen molar-refractivity contribution in [1.82, 2.24) is 5.32 Å². The van der Waals surface area contributed by atoms with Crippen LogP contribution in [0.15, 0.2) is 89.8 Å². The van der Waals surface area contributed by atoms with E-state index >= 15 is 0 Å². The normalized spacial score (nSPS) is 12.3. The smallest absolute Gasteiger partial charge is 0.251 e. The van der Waals surface area contributed by atoms with Crippen molar-refractivity contribution in [2.24, 2.45) is 0 Å². The van der Waals surface area contributed by atoms with Gasteiger partial charge in [0.15, 0.2) is 9.84 Å². The summed E-state index contributed by atoms with van der Waals surface area (Å²) < 4.78 is 39.4. The fourth-order valence-electron chi connectivity index (χ4n) is 2.74. The quantitative estimate of drug-likeness (QED) is 0.659. The van der Waals surface area contributed by atoms with Gasteiger partial charge in [-0.3, -0.25) is 4.79 Å². The Hall–Kier alpha value is -2.99. The maximum absolute atomic E-state index is 13.2. The summed E-state index contributed by atoms with van der Waals surface area (Å²) in [5, 5.41) is 1.70. The summed E-state index contributed by atoms with van der Waals surface area (Å²) in [5.41, 5.74) is 0.999. The lowest BCUT2D eigenvalue weighted by Crippen LogP contribution is -2.32. The van der Waals surface area contributed by atoms with Gasteiger partial charge < -0.3 is 5.32 Å². The highest BCUT2D eigenvalue weighted by atomic mass is 32.2. The van der Waals surface area contributed by atoms with Crippen molar-refractivity contribution in [1.29, 1.82) is 0 Å². The number of carbonyl (C=O) groups is 1. The standard InChI is InChI=1S/C21H18FNO3S/c22-18-11-13-19(14-12-18)27(25,26)20(16-7-3-1-4-8-16)15-23-21(24)17-9-5-2-6-10-17/h1-14,20H,15H2,(H,23,24). The molecule has 0 spiro atoms. The highest BCUT2D eigenvalue weighted by Gasteiger charge is 2.29. The number of hydrogen-bond acceptors (Lipinski definition) is 3. The van der Waals surface area contributed by atoms with Gasteiger partial charge in [0, 0.05) is 12.1 Å². The van der Waals surface area contributed by atoms with Gasteiger partial charge >= 0.3 is 0 Å². The Kier molecular flexibility index (Phi) is 5.66. The Bertz CT molecular complexity index is 1000. The van der Waals surface area contributed by atoms with Gasteiger partial charge in [0.05, 0.1) is 4.90 Å². The van der Waals surface area contributed by atoms with Crippen molar-refractivity contribution in [2.75, 3.05) is 6.54 Å². The summed E-state index contributed by atoms with van der Waals surface area (Å²) >= 11 is 0. The number of benzene rings is 3. The van der Waals surface area contributed by atoms with Crippen LogP contribution in [0.2, 0.25) is 0 Å². The fourth-order valence-corrected chi connectivity index (χ4v) is 4.40. The van der Waals surface area contributed by atoms with E-state index in [0.717, 1.165) is 12.1 Å². The molecule has 0 aromatic heterocycles. The lowest BCUT2D eigenvalue weighted by atomic mass is 10.1. The molecule has 3 rings (SSSR count). The molecule has 0 heterocycles. The Morgan fingerprint density at radius 2 is 1.41 bits per heavy atom. The number of carbonyl (C=O) groups excluding carboxylic acids is 1. The zero-order chi connectivity index (χ0) is 19.3. The third kappa shape index (κ3) is 4.41. The topological polar surface area (TPSA) is 63.2 Å². The van der Waals surface area contributed by atoms with Crippen LogP contribution >= 0.6 is 0 Å². The molecular weight excluding hydrogens is 365 g/mol. The second-order valence-corrected chi connectivity index (χ2v) is 8.10. The van der Waals surface area contributed by atoms with Crippen LogP contribution in [0.1, 0.15) is 21.2 Å². The summed E-state index contributed by atoms with van der Waals surface area (Å²) in [5.74, 6) is -0.867. The Labute approximate surface area is 157 Å². The summed E-state index contributed by atoms with van der Waals surface area (Å²) in [6.07, 6.45) is 0. The second kappa shape index (κ2) is 8.14. The number of hydrogen-bond donors (Lipinski definition) is 1. The van der Waals surface area contributed by atoms with E-state index in [-0.39, 0.29) is 17.3 Å². The summed E-state index contributed by atoms with van der Waals surface area (Å²) in [4.78, 5) is 12.3. The highest BCUT2D eigenvalue weighted by Crippen LogP contribution is 2.28. The van der Waals surface area contributed by atoms with E-state index in [9.17, 15) is 17.6 Å². The minimum absolute atomic E-state index is 0.00622. The third-order valence-corrected chi connectivity index (χ3v) is 6.29. The van der Waals surface area contributed by atoms with E-state index in [1.165, 1.54) is 12.1 Å². The molecule has 4 nitrogen and oxygen atoms in total. The summed E-state index contributed by atoms with van der Waals surface area (Å²) in [6.45, 7) is -0.0998. The van der Waals surface area contributed by atoms with Crippen molar-refractivity contribution in [3.05, 3.63) is 102 Å². The summed E-state index contributed by atoms with van der Waals surface area (Å²) in [6, 6.07) is 21.9. The maximum atomic E-state index is 13.2. The molecule has 0 fully saturated rings. The molecule has 1 unspecified atom stereocenters. The monoisotopic (exact) mass is 383 g/mol. The molecule has 138 valence electrons. The first-order chi connectivity index (χ1) is 13.0. The van der Waals surface area contributed by atoms with Gasteiger partial charge in [-0.1, -0.05) is 48.5 Å². The highest BCUT2D eigenvalue weighted by molar-refractivity contribution is 7.91. The zero-order valence-electron chi connectivity index (χ0n) is 14.4. The number of amides is 1. The van der Waals surface area contributed by atoms with Gasteiger partial charge in [0.25, 0.3) is 5.91 Å². The van der Waals surface area contributed by atoms with E-state index in [0.29, 0.717) is 11.1 Å². The Balaban J connectivity index is 1.90. The first kappa shape index (κ1) is 18.8. The predicted octanol–water partition coefficient (Wildman–Crippen LogP) is 3.77. The van der Waals surface area contributed by atoms with E-state index < -0.39 is 20.9 Å². The van der Waals surface area contributed by atoms with Gasteiger partial charge in [0.1, 0.15) is 11.1 Å². The predicted molar refractivity (Wildman–Crippen MR) is 102 cm³/mol. The Morgan fingerprint density at radius 1 is 0.852 bits per heavy atom. The first-order valence-electron chi connectivity index (χ1n) is 8.36. The molecule has 1 amide bonds. The number of halogens is 1. The first-order valence-corrected chi connectivity index (χ1v) is 9.91. The second-order valence-electron chi connectivity index (χ2n) is 5.97. The Morgan fingerprint density at radius 3 is 2.00 bits per heavy atom. The van der Waals surface area contributed by atoms with Crippen LogP contribution in [0.25, 0.3) is 0 Å². The van der Waals surface area contributed by atoms with Crippen LogP contribution < -0.4 is 5.32 Å². The van der Waals surface area contributed by atoms with Gasteiger partial charge in [0.2, 0.25) is 0 Å². The SMILES string of the molecule is O=C(NCC(c1ccccc1)S(=O)(=O)c1ccc(F)cc1)c1ccccc1. The average molecular weight is 383 g/mol. The summed E-state index contributed by atoms with van der Waals surface area (Å²) in [7, 11) is -3.83. The molecule has 27 heavy (non-hydrogen) atoms. The van der Waals surface area contributed by atoms with Crippen molar-refractivity contribution < 1.29 is 17.6 Å². The van der Waals surface area contributed by atoms with Gasteiger partial charge in [-0.2, -0.15) is 0 Å². The molecule has 0 saturated heterocycles. The third-order valence-electron chi connectivity index (χ3n) is 4.17. The molecule has 0 aliphatic heterocycles. The van der Waals surface area contributed by atoms with E-state index in [4.69, 9.17) is 0 Å². The largest absolute Gasteiger partial charge is 0.350 e. The molecule has 1 N–H and O–H groups in total. The number of sulfone groups is 1. The van der Waals surface area contributed by atoms with Crippen LogP contribution in [-0.2, 0) is 9.84 Å². The molecule has 1 atom stereocenters. The lowest BCUT2D eigenvalue weighted by molar-refractivity contribution is 0.0953. The van der Waals surface area contributed by atoms with Crippen molar-refractivity contribution in [2.45, 2.75) is 10.1 Å². The number of nitrogens with one attached hydrogen (secondary N) is 1. The molecule has 0 saturated carbocycles. The molecule has 0 aliphatic carbocycles. The zero-order valence-corrected chi connectivity index (χ0v) is 15.2.